The third kappa shape index (κ3) is 4.51. The molecule has 7 heteroatoms. The van der Waals surface area contributed by atoms with Crippen molar-refractivity contribution in [2.45, 2.75) is 33.3 Å². The Morgan fingerprint density at radius 2 is 1.80 bits per heavy atom. The van der Waals surface area contributed by atoms with Gasteiger partial charge in [-0.05, 0) is 44.0 Å². The monoisotopic (exact) mass is 409 g/mol. The lowest BCUT2D eigenvalue weighted by Crippen LogP contribution is -2.39. The lowest BCUT2D eigenvalue weighted by molar-refractivity contribution is -0.139. The maximum absolute atomic E-state index is 12.7. The number of carbonyl (C=O) groups is 2. The Bertz CT molecular complexity index is 1150. The van der Waals surface area contributed by atoms with Crippen LogP contribution in [-0.2, 0) is 16.0 Å². The van der Waals surface area contributed by atoms with Crippen molar-refractivity contribution >= 4 is 22.8 Å². The van der Waals surface area contributed by atoms with E-state index in [1.54, 1.807) is 19.1 Å². The number of fused-ring (bicyclic) bond motifs is 1. The molecule has 156 valence electrons. The van der Waals surface area contributed by atoms with Crippen LogP contribution >= 0.6 is 0 Å². The maximum atomic E-state index is 12.7. The summed E-state index contributed by atoms with van der Waals surface area (Å²) in [5, 5.41) is 11.7. The van der Waals surface area contributed by atoms with Gasteiger partial charge in [-0.3, -0.25) is 9.59 Å². The Kier molecular flexibility index (Phi) is 6.20. The number of hydrogen-bond acceptors (Lipinski definition) is 5. The molecule has 1 aromatic heterocycles. The summed E-state index contributed by atoms with van der Waals surface area (Å²) in [6.45, 7) is 4.67. The van der Waals surface area contributed by atoms with Crippen LogP contribution in [-0.4, -0.2) is 29.6 Å². The molecular weight excluding hydrogens is 386 g/mol. The summed E-state index contributed by atoms with van der Waals surface area (Å²) in [4.78, 5) is 35.2. The predicted molar refractivity (Wildman–Crippen MR) is 112 cm³/mol. The first kappa shape index (κ1) is 21.1. The van der Waals surface area contributed by atoms with Gasteiger partial charge in [0.1, 0.15) is 17.9 Å². The minimum absolute atomic E-state index is 0.388. The van der Waals surface area contributed by atoms with Gasteiger partial charge in [-0.1, -0.05) is 30.3 Å². The molecule has 1 unspecified atom stereocenters. The molecular formula is C23H23NO6. The SMILES string of the molecule is Cc1c(Cc2ccccc2)c(=O)oc2c(C)c(OC(C)C(=O)NCC(=O)O)ccc12. The average Bonchev–Trinajstić information content (AvgIpc) is 2.72. The molecule has 3 aromatic rings. The quantitative estimate of drug-likeness (QED) is 0.581. The highest BCUT2D eigenvalue weighted by Crippen LogP contribution is 2.30. The van der Waals surface area contributed by atoms with Crippen molar-refractivity contribution in [2.24, 2.45) is 0 Å². The molecule has 0 bridgehead atoms. The largest absolute Gasteiger partial charge is 0.480 e. The summed E-state index contributed by atoms with van der Waals surface area (Å²) in [6, 6.07) is 13.2. The Labute approximate surface area is 173 Å². The highest BCUT2D eigenvalue weighted by molar-refractivity contribution is 5.87. The van der Waals surface area contributed by atoms with Crippen molar-refractivity contribution in [3.63, 3.8) is 0 Å². The van der Waals surface area contributed by atoms with Crippen molar-refractivity contribution in [1.29, 1.82) is 0 Å². The van der Waals surface area contributed by atoms with Crippen molar-refractivity contribution in [2.75, 3.05) is 6.54 Å². The van der Waals surface area contributed by atoms with Crippen LogP contribution in [0.3, 0.4) is 0 Å². The van der Waals surface area contributed by atoms with E-state index in [0.29, 0.717) is 28.9 Å². The lowest BCUT2D eigenvalue weighted by Gasteiger charge is -2.17. The van der Waals surface area contributed by atoms with Gasteiger partial charge >= 0.3 is 11.6 Å². The fourth-order valence-corrected chi connectivity index (χ4v) is 3.25. The molecule has 0 aliphatic rings. The van der Waals surface area contributed by atoms with Gasteiger partial charge in [0.05, 0.1) is 0 Å². The fraction of sp³-hybridized carbons (Fsp3) is 0.261. The topological polar surface area (TPSA) is 106 Å². The molecule has 1 amide bonds. The highest BCUT2D eigenvalue weighted by atomic mass is 16.5. The van der Waals surface area contributed by atoms with Crippen molar-refractivity contribution < 1.29 is 23.8 Å². The summed E-state index contributed by atoms with van der Waals surface area (Å²) in [7, 11) is 0. The van der Waals surface area contributed by atoms with Crippen LogP contribution in [0.5, 0.6) is 5.75 Å². The molecule has 0 aliphatic carbocycles. The van der Waals surface area contributed by atoms with Gasteiger partial charge in [0, 0.05) is 22.9 Å². The smallest absolute Gasteiger partial charge is 0.340 e. The minimum Gasteiger partial charge on any atom is -0.480 e. The number of nitrogens with one attached hydrogen (secondary N) is 1. The number of carboxylic acid groups (broad SMARTS) is 1. The molecule has 7 nitrogen and oxygen atoms in total. The number of ether oxygens (including phenoxy) is 1. The van der Waals surface area contributed by atoms with E-state index in [2.05, 4.69) is 5.32 Å². The van der Waals surface area contributed by atoms with E-state index in [-0.39, 0.29) is 0 Å². The summed E-state index contributed by atoms with van der Waals surface area (Å²) >= 11 is 0. The van der Waals surface area contributed by atoms with Gasteiger partial charge in [-0.25, -0.2) is 4.79 Å². The maximum Gasteiger partial charge on any atom is 0.340 e. The van der Waals surface area contributed by atoms with Gasteiger partial charge in [0.2, 0.25) is 0 Å². The first-order chi connectivity index (χ1) is 14.3. The molecule has 1 atom stereocenters. The minimum atomic E-state index is -1.14. The zero-order valence-electron chi connectivity index (χ0n) is 17.0. The number of aliphatic carboxylic acids is 1. The van der Waals surface area contributed by atoms with E-state index in [0.717, 1.165) is 16.5 Å². The molecule has 30 heavy (non-hydrogen) atoms. The number of aryl methyl sites for hydroxylation is 2. The van der Waals surface area contributed by atoms with E-state index in [1.165, 1.54) is 6.92 Å². The standard InChI is InChI=1S/C23H23NO6/c1-13-17-9-10-19(29-15(3)22(27)24-12-20(25)26)14(2)21(17)30-23(28)18(13)11-16-7-5-4-6-8-16/h4-10,15H,11-12H2,1-3H3,(H,24,27)(H,25,26). The van der Waals surface area contributed by atoms with Crippen molar-refractivity contribution in [3.8, 4) is 5.75 Å². The van der Waals surface area contributed by atoms with Crippen LogP contribution in [0.25, 0.3) is 11.0 Å². The molecule has 0 fully saturated rings. The van der Waals surface area contributed by atoms with Crippen LogP contribution in [0.1, 0.15) is 29.2 Å². The van der Waals surface area contributed by atoms with Crippen LogP contribution in [0.4, 0.5) is 0 Å². The second kappa shape index (κ2) is 8.82. The molecule has 3 rings (SSSR count). The zero-order valence-corrected chi connectivity index (χ0v) is 17.0. The second-order valence-corrected chi connectivity index (χ2v) is 7.09. The van der Waals surface area contributed by atoms with Crippen LogP contribution in [0.15, 0.2) is 51.7 Å². The van der Waals surface area contributed by atoms with E-state index in [9.17, 15) is 14.4 Å². The number of benzene rings is 2. The van der Waals surface area contributed by atoms with Crippen molar-refractivity contribution in [3.05, 3.63) is 75.1 Å². The summed E-state index contributed by atoms with van der Waals surface area (Å²) in [6.07, 6.45) is -0.436. The summed E-state index contributed by atoms with van der Waals surface area (Å²) < 4.78 is 11.3. The van der Waals surface area contributed by atoms with Gasteiger partial charge in [0.25, 0.3) is 5.91 Å². The van der Waals surface area contributed by atoms with Gasteiger partial charge in [-0.2, -0.15) is 0 Å². The molecule has 0 radical (unpaired) electrons. The van der Waals surface area contributed by atoms with Gasteiger partial charge < -0.3 is 19.6 Å². The fourth-order valence-electron chi connectivity index (χ4n) is 3.25. The summed E-state index contributed by atoms with van der Waals surface area (Å²) in [5.74, 6) is -1.30. The highest BCUT2D eigenvalue weighted by Gasteiger charge is 2.19. The summed E-state index contributed by atoms with van der Waals surface area (Å²) in [5.41, 5.74) is 3.05. The van der Waals surface area contributed by atoms with Gasteiger partial charge in [-0.15, -0.1) is 0 Å². The third-order valence-corrected chi connectivity index (χ3v) is 4.96. The Morgan fingerprint density at radius 3 is 2.47 bits per heavy atom. The molecule has 1 heterocycles. The molecule has 0 spiro atoms. The number of hydrogen-bond donors (Lipinski definition) is 2. The molecule has 2 aromatic carbocycles. The number of amides is 1. The normalized spacial score (nSPS) is 11.8. The van der Waals surface area contributed by atoms with Crippen LogP contribution in [0.2, 0.25) is 0 Å². The number of carboxylic acids is 1. The van der Waals surface area contributed by atoms with E-state index >= 15 is 0 Å². The number of carbonyl (C=O) groups excluding carboxylic acids is 1. The third-order valence-electron chi connectivity index (χ3n) is 4.96. The van der Waals surface area contributed by atoms with Crippen molar-refractivity contribution in [1.82, 2.24) is 5.32 Å². The second-order valence-electron chi connectivity index (χ2n) is 7.09. The Hall–Kier alpha value is -3.61. The molecule has 0 saturated heterocycles. The molecule has 0 aliphatic heterocycles. The lowest BCUT2D eigenvalue weighted by atomic mass is 9.98. The Balaban J connectivity index is 1.91. The predicted octanol–water partition coefficient (Wildman–Crippen LogP) is 2.97. The van der Waals surface area contributed by atoms with Gasteiger partial charge in [0.15, 0.2) is 6.10 Å². The van der Waals surface area contributed by atoms with Crippen LogP contribution < -0.4 is 15.7 Å². The van der Waals surface area contributed by atoms with E-state index in [1.807, 2.05) is 37.3 Å². The first-order valence-electron chi connectivity index (χ1n) is 9.54. The first-order valence-corrected chi connectivity index (χ1v) is 9.54. The van der Waals surface area contributed by atoms with E-state index in [4.69, 9.17) is 14.3 Å². The molecule has 0 saturated carbocycles. The Morgan fingerprint density at radius 1 is 1.10 bits per heavy atom. The van der Waals surface area contributed by atoms with E-state index < -0.39 is 30.2 Å². The number of rotatable bonds is 7. The molecule has 2 N–H and O–H groups in total. The van der Waals surface area contributed by atoms with Crippen LogP contribution in [0, 0.1) is 13.8 Å². The average molecular weight is 409 g/mol. The zero-order chi connectivity index (χ0) is 21.8.